The summed E-state index contributed by atoms with van der Waals surface area (Å²) in [4.78, 5) is 0. The summed E-state index contributed by atoms with van der Waals surface area (Å²) in [6.07, 6.45) is 2.17. The van der Waals surface area contributed by atoms with E-state index in [-0.39, 0.29) is 0 Å². The Hall–Kier alpha value is -1.21. The predicted octanol–water partition coefficient (Wildman–Crippen LogP) is 4.18. The minimum absolute atomic E-state index is 0.511. The second-order valence-corrected chi connectivity index (χ2v) is 4.74. The molecule has 0 heterocycles. The Kier molecular flexibility index (Phi) is 4.06. The number of rotatable bonds is 4. The van der Waals surface area contributed by atoms with Crippen LogP contribution in [0.5, 0.6) is 0 Å². The van der Waals surface area contributed by atoms with E-state index in [9.17, 15) is 0 Å². The molecule has 0 bridgehead atoms. The smallest absolute Gasteiger partial charge is 0.0180 e. The first-order chi connectivity index (χ1) is 7.92. The van der Waals surface area contributed by atoms with Crippen molar-refractivity contribution in [3.8, 4) is 0 Å². The molecule has 0 spiro atoms. The predicted molar refractivity (Wildman–Crippen MR) is 73.1 cm³/mol. The zero-order valence-electron chi connectivity index (χ0n) is 9.47. The topological polar surface area (TPSA) is 0 Å². The maximum atomic E-state index is 2.22. The van der Waals surface area contributed by atoms with Gasteiger partial charge < -0.3 is 0 Å². The molecule has 0 aliphatic rings. The minimum atomic E-state index is 0.511. The van der Waals surface area contributed by atoms with Crippen LogP contribution in [0.15, 0.2) is 60.7 Å². The number of benzene rings is 2. The van der Waals surface area contributed by atoms with Crippen molar-refractivity contribution in [2.75, 3.05) is 12.0 Å². The molecule has 0 fully saturated rings. The first-order valence-corrected chi connectivity index (χ1v) is 6.90. The maximum Gasteiger partial charge on any atom is 0.0180 e. The monoisotopic (exact) mass is 228 g/mol. The van der Waals surface area contributed by atoms with E-state index in [1.165, 1.54) is 11.1 Å². The first-order valence-electron chi connectivity index (χ1n) is 5.50. The lowest BCUT2D eigenvalue weighted by Gasteiger charge is -2.16. The molecule has 16 heavy (non-hydrogen) atoms. The summed E-state index contributed by atoms with van der Waals surface area (Å²) < 4.78 is 0. The van der Waals surface area contributed by atoms with Crippen LogP contribution in [0.1, 0.15) is 17.0 Å². The molecule has 0 N–H and O–H groups in total. The van der Waals surface area contributed by atoms with Crippen LogP contribution in [0.2, 0.25) is 0 Å². The van der Waals surface area contributed by atoms with E-state index in [0.29, 0.717) is 5.92 Å². The molecule has 0 unspecified atom stereocenters. The van der Waals surface area contributed by atoms with Crippen molar-refractivity contribution < 1.29 is 0 Å². The van der Waals surface area contributed by atoms with Gasteiger partial charge in [0.15, 0.2) is 0 Å². The molecule has 1 heteroatoms. The molecule has 0 radical (unpaired) electrons. The molecular weight excluding hydrogens is 212 g/mol. The van der Waals surface area contributed by atoms with Gasteiger partial charge in [0.25, 0.3) is 0 Å². The van der Waals surface area contributed by atoms with E-state index in [0.717, 1.165) is 5.75 Å². The van der Waals surface area contributed by atoms with Gasteiger partial charge in [0.2, 0.25) is 0 Å². The highest BCUT2D eigenvalue weighted by Gasteiger charge is 2.12. The van der Waals surface area contributed by atoms with Gasteiger partial charge in [-0.15, -0.1) is 0 Å². The third-order valence-electron chi connectivity index (χ3n) is 2.74. The van der Waals surface area contributed by atoms with Crippen LogP contribution < -0.4 is 0 Å². The third-order valence-corrected chi connectivity index (χ3v) is 3.40. The average Bonchev–Trinajstić information content (AvgIpc) is 2.38. The standard InChI is InChI=1S/C15H16S/c1-16-12-15(13-8-4-2-5-9-13)14-10-6-3-7-11-14/h2-11,15H,12H2,1H3. The van der Waals surface area contributed by atoms with Crippen molar-refractivity contribution in [1.29, 1.82) is 0 Å². The van der Waals surface area contributed by atoms with Crippen molar-refractivity contribution in [2.45, 2.75) is 5.92 Å². The van der Waals surface area contributed by atoms with Crippen LogP contribution in [0.3, 0.4) is 0 Å². The highest BCUT2D eigenvalue weighted by atomic mass is 32.2. The van der Waals surface area contributed by atoms with Crippen LogP contribution in [0, 0.1) is 0 Å². The fourth-order valence-electron chi connectivity index (χ4n) is 1.92. The minimum Gasteiger partial charge on any atom is -0.164 e. The Bertz CT molecular complexity index is 368. The summed E-state index contributed by atoms with van der Waals surface area (Å²) in [7, 11) is 0. The number of thioether (sulfide) groups is 1. The van der Waals surface area contributed by atoms with Gasteiger partial charge in [-0.2, -0.15) is 11.8 Å². The van der Waals surface area contributed by atoms with Gasteiger partial charge in [0.05, 0.1) is 0 Å². The van der Waals surface area contributed by atoms with E-state index in [4.69, 9.17) is 0 Å². The molecule has 0 aliphatic carbocycles. The molecule has 0 saturated carbocycles. The second-order valence-electron chi connectivity index (χ2n) is 3.83. The molecule has 2 aromatic rings. The van der Waals surface area contributed by atoms with Gasteiger partial charge >= 0.3 is 0 Å². The zero-order valence-corrected chi connectivity index (χ0v) is 10.3. The van der Waals surface area contributed by atoms with Gasteiger partial charge in [-0.25, -0.2) is 0 Å². The molecule has 0 saturated heterocycles. The zero-order chi connectivity index (χ0) is 11.2. The Morgan fingerprint density at radius 2 is 1.25 bits per heavy atom. The molecule has 0 aromatic heterocycles. The van der Waals surface area contributed by atoms with Gasteiger partial charge in [0.1, 0.15) is 0 Å². The van der Waals surface area contributed by atoms with Crippen molar-refractivity contribution in [2.24, 2.45) is 0 Å². The van der Waals surface area contributed by atoms with E-state index >= 15 is 0 Å². The Labute approximate surface area is 102 Å². The van der Waals surface area contributed by atoms with Crippen molar-refractivity contribution in [3.63, 3.8) is 0 Å². The molecule has 0 atom stereocenters. The molecule has 0 amide bonds. The molecular formula is C15H16S. The van der Waals surface area contributed by atoms with Crippen LogP contribution in [0.4, 0.5) is 0 Å². The largest absolute Gasteiger partial charge is 0.164 e. The quantitative estimate of drug-likeness (QED) is 0.756. The first kappa shape index (κ1) is 11.3. The maximum absolute atomic E-state index is 2.22. The summed E-state index contributed by atoms with van der Waals surface area (Å²) in [5.74, 6) is 1.64. The second kappa shape index (κ2) is 5.76. The molecule has 0 aliphatic heterocycles. The van der Waals surface area contributed by atoms with E-state index in [1.54, 1.807) is 0 Å². The number of hydrogen-bond donors (Lipinski definition) is 0. The highest BCUT2D eigenvalue weighted by molar-refractivity contribution is 7.98. The summed E-state index contributed by atoms with van der Waals surface area (Å²) in [6.45, 7) is 0. The molecule has 2 aromatic carbocycles. The van der Waals surface area contributed by atoms with Gasteiger partial charge in [-0.1, -0.05) is 60.7 Å². The summed E-state index contributed by atoms with van der Waals surface area (Å²) in [5, 5.41) is 0. The SMILES string of the molecule is CSCC(c1ccccc1)c1ccccc1. The molecule has 2 rings (SSSR count). The fourth-order valence-corrected chi connectivity index (χ4v) is 2.64. The summed E-state index contributed by atoms with van der Waals surface area (Å²) in [6, 6.07) is 21.5. The highest BCUT2D eigenvalue weighted by Crippen LogP contribution is 2.27. The van der Waals surface area contributed by atoms with E-state index in [1.807, 2.05) is 11.8 Å². The van der Waals surface area contributed by atoms with Crippen LogP contribution in [-0.2, 0) is 0 Å². The van der Waals surface area contributed by atoms with Crippen molar-refractivity contribution >= 4 is 11.8 Å². The fraction of sp³-hybridized carbons (Fsp3) is 0.200. The number of hydrogen-bond acceptors (Lipinski definition) is 1. The average molecular weight is 228 g/mol. The van der Waals surface area contributed by atoms with Gasteiger partial charge in [-0.3, -0.25) is 0 Å². The Morgan fingerprint density at radius 3 is 1.62 bits per heavy atom. The van der Waals surface area contributed by atoms with Crippen LogP contribution in [0.25, 0.3) is 0 Å². The summed E-state index contributed by atoms with van der Waals surface area (Å²) in [5.41, 5.74) is 2.81. The lowest BCUT2D eigenvalue weighted by Crippen LogP contribution is -2.03. The lowest BCUT2D eigenvalue weighted by atomic mass is 9.93. The summed E-state index contributed by atoms with van der Waals surface area (Å²) >= 11 is 1.90. The van der Waals surface area contributed by atoms with Gasteiger partial charge in [-0.05, 0) is 17.4 Å². The molecule has 0 nitrogen and oxygen atoms in total. The van der Waals surface area contributed by atoms with Crippen molar-refractivity contribution in [1.82, 2.24) is 0 Å². The van der Waals surface area contributed by atoms with Crippen LogP contribution in [-0.4, -0.2) is 12.0 Å². The third kappa shape index (κ3) is 2.67. The van der Waals surface area contributed by atoms with E-state index < -0.39 is 0 Å². The molecule has 82 valence electrons. The van der Waals surface area contributed by atoms with Crippen LogP contribution >= 0.6 is 11.8 Å². The Balaban J connectivity index is 2.31. The van der Waals surface area contributed by atoms with Gasteiger partial charge in [0, 0.05) is 11.7 Å². The Morgan fingerprint density at radius 1 is 0.812 bits per heavy atom. The van der Waals surface area contributed by atoms with Crippen molar-refractivity contribution in [3.05, 3.63) is 71.8 Å². The van der Waals surface area contributed by atoms with E-state index in [2.05, 4.69) is 66.9 Å². The normalized spacial score (nSPS) is 10.6. The lowest BCUT2D eigenvalue weighted by molar-refractivity contribution is 0.938.